The standard InChI is InChI=1S/C52H81NO12/c1-31-17-13-12-14-18-32(2)44(62-10)29-40-23-21-38(8)52(60,65-40)49(57)50(58)53-24-16-15-19-41(53)51(59)64-45(35(5)27-39-22-20-33(3)43(28-39)61-9)30-42(54)34(4)26-37(7)47(56)48(63-11)46(55)36(6)25-31/h12-14,17-18,26,31,33-36,38-41,43-45,47-48,56,60H,15-16,19-25,27-30H2,1-11H3/b14-12+,17-13+,32-18+,37-26+/t31-,33-,34-,35-,36?,38-,39?,40?,41+,43?,44+,45+,47-,48?,52-/m1/s1. The summed E-state index contributed by atoms with van der Waals surface area (Å²) in [6.45, 7) is 15.1. The Labute approximate surface area is 388 Å². The minimum Gasteiger partial charge on any atom is -0.460 e. The van der Waals surface area contributed by atoms with Crippen molar-refractivity contribution in [1.29, 1.82) is 0 Å². The SMILES string of the molecule is COC1CC(C[C@@H](C)[C@@H]2CC(=O)[C@H](C)/C=C(\C)[C@@H](O)C(OC)C(=O)C(C)C[C@H](C)/C=C/C=C/C=C(\C)[C@@H](OC)CC3CC[C@@H](C)[C@@](O)(O3)C(=O)C(=O)N3CCCC[C@H]3C(=O)O2)CC[C@H]1C. The fourth-order valence-corrected chi connectivity index (χ4v) is 10.4. The van der Waals surface area contributed by atoms with E-state index in [1.54, 1.807) is 41.1 Å². The van der Waals surface area contributed by atoms with Gasteiger partial charge in [0.2, 0.25) is 5.79 Å². The molecule has 1 aliphatic carbocycles. The highest BCUT2D eigenvalue weighted by Gasteiger charge is 2.53. The molecular formula is C52H81NO12. The van der Waals surface area contributed by atoms with E-state index in [2.05, 4.69) is 6.92 Å². The Bertz CT molecular complexity index is 1750. The van der Waals surface area contributed by atoms with Crippen LogP contribution in [0.2, 0.25) is 0 Å². The van der Waals surface area contributed by atoms with Crippen molar-refractivity contribution in [2.75, 3.05) is 27.9 Å². The van der Waals surface area contributed by atoms with E-state index in [0.29, 0.717) is 56.4 Å². The molecule has 4 aliphatic rings. The summed E-state index contributed by atoms with van der Waals surface area (Å²) in [6.07, 6.45) is 13.6. The highest BCUT2D eigenvalue weighted by atomic mass is 16.6. The molecule has 3 fully saturated rings. The van der Waals surface area contributed by atoms with Crippen LogP contribution in [0.15, 0.2) is 47.6 Å². The third kappa shape index (κ3) is 14.3. The number of hydrogen-bond acceptors (Lipinski definition) is 12. The number of ether oxygens (including phenoxy) is 5. The first-order valence-electron chi connectivity index (χ1n) is 24.2. The Morgan fingerprint density at radius 2 is 1.57 bits per heavy atom. The summed E-state index contributed by atoms with van der Waals surface area (Å²) in [7, 11) is 4.70. The molecule has 0 aromatic heterocycles. The Kier molecular flexibility index (Phi) is 21.0. The van der Waals surface area contributed by atoms with E-state index >= 15 is 0 Å². The smallest absolute Gasteiger partial charge is 0.329 e. The number of carbonyl (C=O) groups excluding carboxylic acids is 5. The summed E-state index contributed by atoms with van der Waals surface area (Å²) in [4.78, 5) is 71.9. The third-order valence-electron chi connectivity index (χ3n) is 14.8. The molecule has 2 bridgehead atoms. The molecule has 65 heavy (non-hydrogen) atoms. The molecule has 1 saturated carbocycles. The van der Waals surface area contributed by atoms with Crippen LogP contribution < -0.4 is 0 Å². The highest BCUT2D eigenvalue weighted by Crippen LogP contribution is 2.38. The average Bonchev–Trinajstić information content (AvgIpc) is 3.28. The maximum absolute atomic E-state index is 14.4. The van der Waals surface area contributed by atoms with E-state index in [-0.39, 0.29) is 54.8 Å². The van der Waals surface area contributed by atoms with E-state index in [1.165, 1.54) is 12.0 Å². The number of piperidine rings is 1. The van der Waals surface area contributed by atoms with Crippen molar-refractivity contribution in [3.63, 3.8) is 0 Å². The molecule has 0 aromatic rings. The van der Waals surface area contributed by atoms with Crippen LogP contribution in [0, 0.1) is 41.4 Å². The third-order valence-corrected chi connectivity index (χ3v) is 14.8. The quantitative estimate of drug-likeness (QED) is 0.153. The number of cyclic esters (lactones) is 1. The molecule has 0 radical (unpaired) electrons. The van der Waals surface area contributed by atoms with Crippen molar-refractivity contribution in [1.82, 2.24) is 4.90 Å². The molecule has 366 valence electrons. The molecule has 0 spiro atoms. The molecule has 1 amide bonds. The van der Waals surface area contributed by atoms with Gasteiger partial charge in [-0.3, -0.25) is 19.2 Å². The predicted molar refractivity (Wildman–Crippen MR) is 248 cm³/mol. The number of ketones is 3. The van der Waals surface area contributed by atoms with Crippen molar-refractivity contribution in [3.05, 3.63) is 47.6 Å². The van der Waals surface area contributed by atoms with Gasteiger partial charge in [-0.2, -0.15) is 0 Å². The second-order valence-electron chi connectivity index (χ2n) is 20.0. The summed E-state index contributed by atoms with van der Waals surface area (Å²) < 4.78 is 29.7. The van der Waals surface area contributed by atoms with Crippen LogP contribution in [0.5, 0.6) is 0 Å². The van der Waals surface area contributed by atoms with E-state index in [4.69, 9.17) is 23.7 Å². The number of Topliss-reactive ketones (excluding diaryl/α,β-unsaturated/α-hetero) is 3. The van der Waals surface area contributed by atoms with Gasteiger partial charge in [0.05, 0.1) is 18.3 Å². The molecule has 0 aromatic carbocycles. The number of rotatable bonds is 6. The monoisotopic (exact) mass is 912 g/mol. The van der Waals surface area contributed by atoms with Crippen LogP contribution in [0.4, 0.5) is 0 Å². The molecule has 15 atom stereocenters. The zero-order chi connectivity index (χ0) is 48.2. The lowest BCUT2D eigenvalue weighted by molar-refractivity contribution is -0.265. The van der Waals surface area contributed by atoms with E-state index in [1.807, 2.05) is 58.1 Å². The number of nitrogens with zero attached hydrogens (tertiary/aromatic N) is 1. The van der Waals surface area contributed by atoms with Crippen LogP contribution in [-0.2, 0) is 47.7 Å². The largest absolute Gasteiger partial charge is 0.460 e. The minimum absolute atomic E-state index is 0.0304. The molecule has 3 aliphatic heterocycles. The number of carbonyl (C=O) groups is 5. The average molecular weight is 912 g/mol. The number of hydrogen-bond donors (Lipinski definition) is 2. The van der Waals surface area contributed by atoms with Gasteiger partial charge >= 0.3 is 5.97 Å². The van der Waals surface area contributed by atoms with Gasteiger partial charge in [-0.15, -0.1) is 0 Å². The topological polar surface area (TPSA) is 175 Å². The molecule has 5 unspecified atom stereocenters. The molecule has 2 saturated heterocycles. The van der Waals surface area contributed by atoms with E-state index in [9.17, 15) is 34.2 Å². The molecule has 2 N–H and O–H groups in total. The molecule has 3 heterocycles. The normalized spacial score (nSPS) is 40.4. The first-order chi connectivity index (χ1) is 30.7. The molecular weight excluding hydrogens is 831 g/mol. The highest BCUT2D eigenvalue weighted by molar-refractivity contribution is 6.39. The number of amides is 1. The summed E-state index contributed by atoms with van der Waals surface area (Å²) in [5.41, 5.74) is 1.30. The predicted octanol–water partition coefficient (Wildman–Crippen LogP) is 7.46. The number of methoxy groups -OCH3 is 3. The van der Waals surface area contributed by atoms with E-state index in [0.717, 1.165) is 24.8 Å². The number of aliphatic hydroxyl groups is 2. The summed E-state index contributed by atoms with van der Waals surface area (Å²) in [5, 5.41) is 23.4. The van der Waals surface area contributed by atoms with Gasteiger partial charge in [-0.1, -0.05) is 78.0 Å². The minimum atomic E-state index is -2.41. The first kappa shape index (κ1) is 54.3. The van der Waals surface area contributed by atoms with Crippen LogP contribution in [0.25, 0.3) is 0 Å². The van der Waals surface area contributed by atoms with Crippen molar-refractivity contribution in [2.45, 2.75) is 181 Å². The van der Waals surface area contributed by atoms with E-state index < -0.39 is 77.8 Å². The van der Waals surface area contributed by atoms with Gasteiger partial charge in [0, 0.05) is 58.5 Å². The van der Waals surface area contributed by atoms with Crippen LogP contribution >= 0.6 is 0 Å². The number of esters is 1. The van der Waals surface area contributed by atoms with Gasteiger partial charge in [-0.25, -0.2) is 4.79 Å². The second kappa shape index (κ2) is 25.2. The number of fused-ring (bicyclic) bond motifs is 3. The van der Waals surface area contributed by atoms with Crippen molar-refractivity contribution in [2.24, 2.45) is 41.4 Å². The van der Waals surface area contributed by atoms with Crippen molar-refractivity contribution in [3.8, 4) is 0 Å². The molecule has 13 heteroatoms. The van der Waals surface area contributed by atoms with Gasteiger partial charge in [0.1, 0.15) is 30.1 Å². The maximum atomic E-state index is 14.4. The lowest BCUT2D eigenvalue weighted by Gasteiger charge is -2.42. The number of allylic oxidation sites excluding steroid dienone is 6. The van der Waals surface area contributed by atoms with Crippen molar-refractivity contribution >= 4 is 29.2 Å². The summed E-state index contributed by atoms with van der Waals surface area (Å²) in [5.74, 6) is -7.07. The lowest BCUT2D eigenvalue weighted by atomic mass is 9.76. The summed E-state index contributed by atoms with van der Waals surface area (Å²) in [6, 6.07) is -1.11. The zero-order valence-corrected chi connectivity index (χ0v) is 41.2. The van der Waals surface area contributed by atoms with Crippen LogP contribution in [0.3, 0.4) is 0 Å². The Balaban J connectivity index is 1.70. The van der Waals surface area contributed by atoms with Crippen LogP contribution in [0.1, 0.15) is 132 Å². The van der Waals surface area contributed by atoms with Gasteiger partial charge in [0.15, 0.2) is 5.78 Å². The number of aliphatic hydroxyl groups excluding tert-OH is 1. The molecule has 4 rings (SSSR count). The molecule has 13 nitrogen and oxygen atoms in total. The zero-order valence-electron chi connectivity index (χ0n) is 41.2. The fraction of sp³-hybridized carbons (Fsp3) is 0.750. The first-order valence-corrected chi connectivity index (χ1v) is 24.2. The Hall–Kier alpha value is -3.33. The van der Waals surface area contributed by atoms with Gasteiger partial charge in [0.25, 0.3) is 11.7 Å². The maximum Gasteiger partial charge on any atom is 0.329 e. The van der Waals surface area contributed by atoms with Crippen LogP contribution in [-0.4, -0.2) is 121 Å². The lowest BCUT2D eigenvalue weighted by Crippen LogP contribution is -2.61. The Morgan fingerprint density at radius 1 is 0.846 bits per heavy atom. The second-order valence-corrected chi connectivity index (χ2v) is 20.0. The Morgan fingerprint density at radius 3 is 2.25 bits per heavy atom. The van der Waals surface area contributed by atoms with Crippen molar-refractivity contribution < 1.29 is 57.9 Å². The summed E-state index contributed by atoms with van der Waals surface area (Å²) >= 11 is 0. The fourth-order valence-electron chi connectivity index (χ4n) is 10.4. The van der Waals surface area contributed by atoms with Gasteiger partial charge < -0.3 is 38.8 Å². The van der Waals surface area contributed by atoms with Gasteiger partial charge in [-0.05, 0) is 113 Å².